The first-order valence-electron chi connectivity index (χ1n) is 18.6. The van der Waals surface area contributed by atoms with E-state index in [0.29, 0.717) is 0 Å². The summed E-state index contributed by atoms with van der Waals surface area (Å²) in [6.07, 6.45) is 4.51. The van der Waals surface area contributed by atoms with Crippen molar-refractivity contribution in [3.05, 3.63) is 180 Å². The molecule has 54 heavy (non-hydrogen) atoms. The van der Waals surface area contributed by atoms with Crippen LogP contribution in [0.25, 0.3) is 107 Å². The molecule has 0 aliphatic carbocycles. The fourth-order valence-electron chi connectivity index (χ4n) is 8.15. The number of fused-ring (bicyclic) bond motifs is 8. The summed E-state index contributed by atoms with van der Waals surface area (Å²) in [4.78, 5) is 0. The first-order chi connectivity index (χ1) is 26.6. The average molecular weight is 725 g/mol. The zero-order valence-electron chi connectivity index (χ0n) is 30.1. The second-order valence-electron chi connectivity index (χ2n) is 13.9. The Morgan fingerprint density at radius 2 is 0.833 bits per heavy atom. The van der Waals surface area contributed by atoms with Crippen LogP contribution in [-0.2, 0) is 0 Å². The van der Waals surface area contributed by atoms with Crippen molar-refractivity contribution >= 4 is 96.7 Å². The van der Waals surface area contributed by atoms with Gasteiger partial charge in [0, 0.05) is 40.3 Å². The summed E-state index contributed by atoms with van der Waals surface area (Å²) in [6, 6.07) is 62.8. The smallest absolute Gasteiger partial charge is 0.0361 e. The second-order valence-corrected chi connectivity index (χ2v) is 16.1. The molecule has 0 bridgehead atoms. The SMILES string of the molecule is CC=c1c(-c2ccc(-c3ccc4sc5cc6cc7c(cc6cc5c4c3)sc3ccccc37)cc2)ccccccc(-c2ccc3ccccc3c2)/c1=C/C. The molecule has 0 aliphatic rings. The molecule has 0 unspecified atom stereocenters. The van der Waals surface area contributed by atoms with E-state index < -0.39 is 0 Å². The van der Waals surface area contributed by atoms with E-state index in [1.54, 1.807) is 0 Å². The molecule has 0 radical (unpaired) electrons. The fraction of sp³-hybridized carbons (Fsp3) is 0.0385. The van der Waals surface area contributed by atoms with Crippen LogP contribution in [0.2, 0.25) is 0 Å². The van der Waals surface area contributed by atoms with Crippen LogP contribution in [0.3, 0.4) is 0 Å². The monoisotopic (exact) mass is 724 g/mol. The highest BCUT2D eigenvalue weighted by Crippen LogP contribution is 2.41. The van der Waals surface area contributed by atoms with Gasteiger partial charge < -0.3 is 0 Å². The van der Waals surface area contributed by atoms with Crippen LogP contribution in [0.15, 0.2) is 170 Å². The highest BCUT2D eigenvalue weighted by molar-refractivity contribution is 7.26. The molecule has 10 aromatic rings. The van der Waals surface area contributed by atoms with Gasteiger partial charge in [0.05, 0.1) is 0 Å². The van der Waals surface area contributed by atoms with Gasteiger partial charge in [0.1, 0.15) is 0 Å². The van der Waals surface area contributed by atoms with Gasteiger partial charge in [0.25, 0.3) is 0 Å². The van der Waals surface area contributed by atoms with Crippen LogP contribution in [0.1, 0.15) is 13.8 Å². The molecule has 0 aliphatic heterocycles. The van der Waals surface area contributed by atoms with Gasteiger partial charge in [0.2, 0.25) is 0 Å². The Morgan fingerprint density at radius 3 is 1.54 bits per heavy atom. The lowest BCUT2D eigenvalue weighted by Crippen LogP contribution is -2.27. The van der Waals surface area contributed by atoms with Crippen molar-refractivity contribution in [3.8, 4) is 33.4 Å². The molecular weight excluding hydrogens is 689 g/mol. The molecule has 0 saturated heterocycles. The molecule has 0 saturated carbocycles. The minimum Gasteiger partial charge on any atom is -0.135 e. The summed E-state index contributed by atoms with van der Waals surface area (Å²) in [6.45, 7) is 4.30. The Morgan fingerprint density at radius 1 is 0.315 bits per heavy atom. The van der Waals surface area contributed by atoms with Crippen molar-refractivity contribution in [2.24, 2.45) is 0 Å². The second kappa shape index (κ2) is 13.4. The minimum absolute atomic E-state index is 1.19. The maximum absolute atomic E-state index is 2.41. The van der Waals surface area contributed by atoms with E-state index in [1.165, 1.54) is 106 Å². The third-order valence-corrected chi connectivity index (χ3v) is 13.1. The van der Waals surface area contributed by atoms with Gasteiger partial charge in [-0.1, -0.05) is 133 Å². The van der Waals surface area contributed by atoms with Gasteiger partial charge in [-0.05, 0) is 128 Å². The van der Waals surface area contributed by atoms with Gasteiger partial charge in [-0.2, -0.15) is 0 Å². The maximum Gasteiger partial charge on any atom is 0.0361 e. The third-order valence-electron chi connectivity index (χ3n) is 10.8. The van der Waals surface area contributed by atoms with Crippen LogP contribution in [0.4, 0.5) is 0 Å². The van der Waals surface area contributed by atoms with Crippen molar-refractivity contribution < 1.29 is 0 Å². The lowest BCUT2D eigenvalue weighted by atomic mass is 9.95. The van der Waals surface area contributed by atoms with Gasteiger partial charge in [-0.15, -0.1) is 22.7 Å². The molecule has 10 rings (SSSR count). The summed E-state index contributed by atoms with van der Waals surface area (Å²) >= 11 is 3.78. The normalized spacial score (nSPS) is 12.5. The summed E-state index contributed by atoms with van der Waals surface area (Å²) in [7, 11) is 0. The topological polar surface area (TPSA) is 0 Å². The quantitative estimate of drug-likeness (QED) is 0.170. The maximum atomic E-state index is 2.41. The van der Waals surface area contributed by atoms with Crippen LogP contribution in [-0.4, -0.2) is 0 Å². The van der Waals surface area contributed by atoms with E-state index in [-0.39, 0.29) is 0 Å². The van der Waals surface area contributed by atoms with Crippen LogP contribution in [0.5, 0.6) is 0 Å². The first kappa shape index (κ1) is 32.6. The Hall–Kier alpha value is -6.06. The molecule has 2 heteroatoms. The predicted octanol–water partition coefficient (Wildman–Crippen LogP) is 14.5. The molecule has 2 aromatic heterocycles. The zero-order valence-corrected chi connectivity index (χ0v) is 31.8. The van der Waals surface area contributed by atoms with E-state index in [4.69, 9.17) is 0 Å². The standard InChI is InChI=1S/C52H36S2/c1-3-41-42(4-2)44(38-24-21-33-13-9-10-14-36(33)27-38)16-8-6-5-7-15-43(41)35-22-19-34(20-23-35)37-25-26-50-47(28-37)48-30-40-31-51-46(29-39(40)32-52(48)54-50)45-17-11-12-18-49(45)53-51/h3-32H,1-2H3/b7-5?,8-6?,41-3?,42-4+,43-15?,44-16?. The van der Waals surface area contributed by atoms with Crippen molar-refractivity contribution in [1.82, 2.24) is 0 Å². The zero-order chi connectivity index (χ0) is 36.2. The number of hydrogen-bond acceptors (Lipinski definition) is 2. The van der Waals surface area contributed by atoms with E-state index in [9.17, 15) is 0 Å². The van der Waals surface area contributed by atoms with E-state index in [0.717, 1.165) is 0 Å². The van der Waals surface area contributed by atoms with Crippen LogP contribution >= 0.6 is 22.7 Å². The number of rotatable bonds is 3. The molecule has 0 nitrogen and oxygen atoms in total. The van der Waals surface area contributed by atoms with Crippen molar-refractivity contribution in [3.63, 3.8) is 0 Å². The fourth-order valence-corrected chi connectivity index (χ4v) is 10.4. The number of thiophene rings is 2. The number of hydrogen-bond donors (Lipinski definition) is 0. The Bertz CT molecular complexity index is 3280. The van der Waals surface area contributed by atoms with E-state index in [2.05, 4.69) is 196 Å². The van der Waals surface area contributed by atoms with Crippen molar-refractivity contribution in [2.75, 3.05) is 0 Å². The van der Waals surface area contributed by atoms with Crippen LogP contribution in [0, 0.1) is 0 Å². The van der Waals surface area contributed by atoms with Crippen molar-refractivity contribution in [1.29, 1.82) is 0 Å². The van der Waals surface area contributed by atoms with Gasteiger partial charge in [-0.25, -0.2) is 0 Å². The molecule has 8 aromatic carbocycles. The van der Waals surface area contributed by atoms with Crippen LogP contribution < -0.4 is 10.4 Å². The minimum atomic E-state index is 1.19. The lowest BCUT2D eigenvalue weighted by molar-refractivity contribution is 1.49. The summed E-state index contributed by atoms with van der Waals surface area (Å²) < 4.78 is 5.37. The Balaban J connectivity index is 1.07. The number of benzene rings is 7. The first-order valence-corrected chi connectivity index (χ1v) is 20.2. The van der Waals surface area contributed by atoms with Gasteiger partial charge in [-0.3, -0.25) is 0 Å². The average Bonchev–Trinajstić information content (AvgIpc) is 3.76. The van der Waals surface area contributed by atoms with Crippen molar-refractivity contribution in [2.45, 2.75) is 13.8 Å². The van der Waals surface area contributed by atoms with Gasteiger partial charge in [0.15, 0.2) is 0 Å². The highest BCUT2D eigenvalue weighted by Gasteiger charge is 2.12. The largest absolute Gasteiger partial charge is 0.135 e. The molecule has 0 amide bonds. The summed E-state index contributed by atoms with van der Waals surface area (Å²) in [5.41, 5.74) is 7.27. The molecule has 2 heterocycles. The molecule has 0 atom stereocenters. The molecule has 0 spiro atoms. The Labute approximate surface area is 322 Å². The van der Waals surface area contributed by atoms with E-state index >= 15 is 0 Å². The summed E-state index contributed by atoms with van der Waals surface area (Å²) in [5.74, 6) is 0. The highest BCUT2D eigenvalue weighted by atomic mass is 32.1. The molecule has 256 valence electrons. The van der Waals surface area contributed by atoms with Gasteiger partial charge >= 0.3 is 0 Å². The lowest BCUT2D eigenvalue weighted by Gasteiger charge is -2.09. The third kappa shape index (κ3) is 5.58. The van der Waals surface area contributed by atoms with E-state index in [1.807, 2.05) is 22.7 Å². The molecule has 0 fully saturated rings. The molecular formula is C52H36S2. The summed E-state index contributed by atoms with van der Waals surface area (Å²) in [5, 5.41) is 12.9. The Kier molecular flexibility index (Phi) is 8.09. The molecule has 0 N–H and O–H groups in total. The predicted molar refractivity (Wildman–Crippen MR) is 241 cm³/mol.